The molecule has 6 nitrogen and oxygen atoms in total. The van der Waals surface area contributed by atoms with Gasteiger partial charge in [-0.3, -0.25) is 9.79 Å². The molecule has 2 aliphatic rings. The molecule has 1 amide bonds. The van der Waals surface area contributed by atoms with Crippen LogP contribution in [0, 0.1) is 11.7 Å². The summed E-state index contributed by atoms with van der Waals surface area (Å²) in [5, 5.41) is 3.33. The van der Waals surface area contributed by atoms with E-state index in [-0.39, 0.29) is 17.6 Å². The number of hydrogen-bond acceptors (Lipinski definition) is 5. The zero-order valence-electron chi connectivity index (χ0n) is 14.4. The van der Waals surface area contributed by atoms with E-state index in [1.807, 2.05) is 0 Å². The van der Waals surface area contributed by atoms with E-state index in [0.29, 0.717) is 22.1 Å². The molecule has 0 saturated heterocycles. The minimum Gasteiger partial charge on any atom is -0.379 e. The topological polar surface area (TPSA) is 85.3 Å². The molecular formula is C18H20FN5OS. The van der Waals surface area contributed by atoms with Crippen LogP contribution >= 0.6 is 11.8 Å². The van der Waals surface area contributed by atoms with Crippen LogP contribution in [-0.2, 0) is 12.6 Å². The fraction of sp³-hybridized carbons (Fsp3) is 0.389. The van der Waals surface area contributed by atoms with E-state index in [1.54, 1.807) is 30.1 Å². The third kappa shape index (κ3) is 2.78. The van der Waals surface area contributed by atoms with Gasteiger partial charge in [0.05, 0.1) is 18.1 Å². The van der Waals surface area contributed by atoms with Crippen LogP contribution in [0.3, 0.4) is 0 Å². The first-order valence-electron chi connectivity index (χ1n) is 8.55. The lowest BCUT2D eigenvalue weighted by atomic mass is 9.81. The number of hydrogen-bond donors (Lipinski definition) is 2. The molecule has 1 aromatic carbocycles. The van der Waals surface area contributed by atoms with Gasteiger partial charge in [0.2, 0.25) is 0 Å². The van der Waals surface area contributed by atoms with E-state index in [4.69, 9.17) is 5.73 Å². The Morgan fingerprint density at radius 3 is 3.12 bits per heavy atom. The molecule has 26 heavy (non-hydrogen) atoms. The number of aryl methyl sites for hydroxylation is 1. The number of nitrogens with two attached hydrogens (primary N) is 1. The number of aromatic nitrogens is 2. The molecule has 136 valence electrons. The molecule has 0 bridgehead atoms. The minimum absolute atomic E-state index is 0.261. The van der Waals surface area contributed by atoms with Crippen LogP contribution in [0.1, 0.15) is 35.3 Å². The number of nitrogens with zero attached hydrogens (tertiary/aromatic N) is 3. The zero-order chi connectivity index (χ0) is 18.3. The Kier molecular flexibility index (Phi) is 4.22. The van der Waals surface area contributed by atoms with Crippen molar-refractivity contribution in [1.82, 2.24) is 9.55 Å². The van der Waals surface area contributed by atoms with Crippen molar-refractivity contribution in [2.75, 3.05) is 11.1 Å². The number of anilines is 1. The van der Waals surface area contributed by atoms with Crippen molar-refractivity contribution in [2.24, 2.45) is 23.7 Å². The Balaban J connectivity index is 1.70. The highest BCUT2D eigenvalue weighted by Crippen LogP contribution is 2.51. The van der Waals surface area contributed by atoms with Crippen molar-refractivity contribution in [3.8, 4) is 0 Å². The quantitative estimate of drug-likeness (QED) is 0.866. The molecule has 2 heterocycles. The second-order valence-corrected chi connectivity index (χ2v) is 7.85. The van der Waals surface area contributed by atoms with E-state index in [0.717, 1.165) is 25.0 Å². The van der Waals surface area contributed by atoms with Crippen molar-refractivity contribution >= 4 is 28.5 Å². The molecule has 1 fully saturated rings. The summed E-state index contributed by atoms with van der Waals surface area (Å²) >= 11 is 1.53. The molecule has 3 N–H and O–H groups in total. The van der Waals surface area contributed by atoms with Crippen molar-refractivity contribution < 1.29 is 9.18 Å². The van der Waals surface area contributed by atoms with Gasteiger partial charge in [-0.15, -0.1) is 0 Å². The number of fused-ring (bicyclic) bond motifs is 1. The molecule has 0 radical (unpaired) electrons. The van der Waals surface area contributed by atoms with E-state index < -0.39 is 5.54 Å². The van der Waals surface area contributed by atoms with Crippen LogP contribution in [0.15, 0.2) is 35.7 Å². The summed E-state index contributed by atoms with van der Waals surface area (Å²) in [7, 11) is 1.75. The molecule has 2 atom stereocenters. The van der Waals surface area contributed by atoms with E-state index >= 15 is 0 Å². The molecule has 0 unspecified atom stereocenters. The average molecular weight is 373 g/mol. The summed E-state index contributed by atoms with van der Waals surface area (Å²) in [6, 6.07) is 4.67. The van der Waals surface area contributed by atoms with Crippen LogP contribution in [-0.4, -0.2) is 26.4 Å². The molecule has 1 aliphatic carbocycles. The number of benzene rings is 1. The van der Waals surface area contributed by atoms with Gasteiger partial charge >= 0.3 is 0 Å². The SMILES string of the molecule is Cn1cncc1C(=O)Nc1ccc(F)c([C@]23CCC[C@H]2CSC(N)=N3)c1. The van der Waals surface area contributed by atoms with Gasteiger partial charge in [-0.25, -0.2) is 9.37 Å². The van der Waals surface area contributed by atoms with E-state index in [9.17, 15) is 9.18 Å². The summed E-state index contributed by atoms with van der Waals surface area (Å²) in [6.07, 6.45) is 5.83. The van der Waals surface area contributed by atoms with Crippen molar-refractivity contribution in [2.45, 2.75) is 24.8 Å². The molecular weight excluding hydrogens is 353 g/mol. The van der Waals surface area contributed by atoms with Crippen LogP contribution in [0.5, 0.6) is 0 Å². The number of rotatable bonds is 3. The van der Waals surface area contributed by atoms with E-state index in [2.05, 4.69) is 15.3 Å². The Morgan fingerprint density at radius 2 is 2.35 bits per heavy atom. The Hall–Kier alpha value is -2.35. The van der Waals surface area contributed by atoms with E-state index in [1.165, 1.54) is 24.0 Å². The highest BCUT2D eigenvalue weighted by Gasteiger charge is 2.48. The Morgan fingerprint density at radius 1 is 1.50 bits per heavy atom. The van der Waals surface area contributed by atoms with Gasteiger partial charge in [0, 0.05) is 24.1 Å². The summed E-state index contributed by atoms with van der Waals surface area (Å²) in [5.74, 6) is 0.516. The van der Waals surface area contributed by atoms with Crippen molar-refractivity contribution in [3.05, 3.63) is 47.8 Å². The van der Waals surface area contributed by atoms with Crippen LogP contribution in [0.2, 0.25) is 0 Å². The number of thioether (sulfide) groups is 1. The second kappa shape index (κ2) is 6.42. The Labute approximate surface area is 155 Å². The second-order valence-electron chi connectivity index (χ2n) is 6.81. The highest BCUT2D eigenvalue weighted by atomic mass is 32.2. The molecule has 1 saturated carbocycles. The number of carbonyl (C=O) groups excluding carboxylic acids is 1. The predicted molar refractivity (Wildman–Crippen MR) is 101 cm³/mol. The standard InChI is InChI=1S/C18H20FN5OS/c1-24-10-21-8-15(24)16(25)22-12-4-5-14(19)13(7-12)18-6-2-3-11(18)9-26-17(20)23-18/h4-5,7-8,10-11H,2-3,6,9H2,1H3,(H2,20,23)(H,22,25)/t11-,18-/m0/s1. The van der Waals surface area contributed by atoms with Crippen LogP contribution in [0.4, 0.5) is 10.1 Å². The molecule has 1 aromatic heterocycles. The maximum absolute atomic E-state index is 14.7. The largest absolute Gasteiger partial charge is 0.379 e. The summed E-state index contributed by atoms with van der Waals surface area (Å²) < 4.78 is 16.4. The summed E-state index contributed by atoms with van der Waals surface area (Å²) in [6.45, 7) is 0. The third-order valence-electron chi connectivity index (χ3n) is 5.27. The molecule has 1 aliphatic heterocycles. The van der Waals surface area contributed by atoms with Crippen LogP contribution < -0.4 is 11.1 Å². The molecule has 4 rings (SSSR count). The average Bonchev–Trinajstić information content (AvgIpc) is 3.22. The first-order valence-corrected chi connectivity index (χ1v) is 9.54. The first-order chi connectivity index (χ1) is 12.5. The number of imidazole rings is 1. The fourth-order valence-electron chi connectivity index (χ4n) is 3.96. The van der Waals surface area contributed by atoms with Gasteiger partial charge in [-0.1, -0.05) is 18.2 Å². The van der Waals surface area contributed by atoms with Gasteiger partial charge in [0.25, 0.3) is 5.91 Å². The number of aliphatic imine (C=N–C) groups is 1. The number of nitrogens with one attached hydrogen (secondary N) is 1. The maximum Gasteiger partial charge on any atom is 0.273 e. The predicted octanol–water partition coefficient (Wildman–Crippen LogP) is 2.87. The van der Waals surface area contributed by atoms with Gasteiger partial charge in [0.1, 0.15) is 11.5 Å². The van der Waals surface area contributed by atoms with Gasteiger partial charge < -0.3 is 15.6 Å². The van der Waals surface area contributed by atoms with Gasteiger partial charge in [0.15, 0.2) is 5.17 Å². The summed E-state index contributed by atoms with van der Waals surface area (Å²) in [5.41, 5.74) is 6.85. The van der Waals surface area contributed by atoms with Crippen LogP contribution in [0.25, 0.3) is 0 Å². The number of carbonyl (C=O) groups is 1. The molecule has 0 spiro atoms. The normalized spacial score (nSPS) is 24.8. The van der Waals surface area contributed by atoms with Crippen molar-refractivity contribution in [1.29, 1.82) is 0 Å². The number of halogens is 1. The smallest absolute Gasteiger partial charge is 0.273 e. The third-order valence-corrected chi connectivity index (χ3v) is 6.22. The van der Waals surface area contributed by atoms with Gasteiger partial charge in [-0.2, -0.15) is 0 Å². The highest BCUT2D eigenvalue weighted by molar-refractivity contribution is 8.13. The fourth-order valence-corrected chi connectivity index (χ4v) is 5.01. The molecule has 8 heteroatoms. The molecule has 2 aromatic rings. The van der Waals surface area contributed by atoms with Gasteiger partial charge in [-0.05, 0) is 37.0 Å². The monoisotopic (exact) mass is 373 g/mol. The lowest BCUT2D eigenvalue weighted by molar-refractivity contribution is 0.101. The lowest BCUT2D eigenvalue weighted by Gasteiger charge is -2.36. The minimum atomic E-state index is -0.618. The number of amides is 1. The zero-order valence-corrected chi connectivity index (χ0v) is 15.2. The maximum atomic E-state index is 14.7. The lowest BCUT2D eigenvalue weighted by Crippen LogP contribution is -2.37. The van der Waals surface area contributed by atoms with Crippen molar-refractivity contribution in [3.63, 3.8) is 0 Å². The number of amidine groups is 1. The summed E-state index contributed by atoms with van der Waals surface area (Å²) in [4.78, 5) is 21.1. The first kappa shape index (κ1) is 17.1. The Bertz CT molecular complexity index is 895.